The number of hydrogen-bond acceptors (Lipinski definition) is 8. The first kappa shape index (κ1) is 24.4. The molecule has 198 valence electrons. The van der Waals surface area contributed by atoms with Gasteiger partial charge in [-0.05, 0) is 36.9 Å². The Morgan fingerprint density at radius 2 is 1.79 bits per heavy atom. The number of aromatic nitrogens is 4. The van der Waals surface area contributed by atoms with Gasteiger partial charge >= 0.3 is 0 Å². The summed E-state index contributed by atoms with van der Waals surface area (Å²) in [6.07, 6.45) is 5.57. The van der Waals surface area contributed by atoms with Crippen LogP contribution in [0.2, 0.25) is 0 Å². The molecule has 10 nitrogen and oxygen atoms in total. The van der Waals surface area contributed by atoms with E-state index in [2.05, 4.69) is 55.2 Å². The molecule has 4 aromatic rings. The molecular formula is C28H34N8O2. The summed E-state index contributed by atoms with van der Waals surface area (Å²) in [5.74, 6) is 1.43. The molecule has 0 unspecified atom stereocenters. The monoisotopic (exact) mass is 514 g/mol. The first-order chi connectivity index (χ1) is 18.6. The minimum absolute atomic E-state index is 0.171. The van der Waals surface area contributed by atoms with Crippen LogP contribution in [-0.2, 0) is 11.8 Å². The Balaban J connectivity index is 1.41. The fourth-order valence-corrected chi connectivity index (χ4v) is 5.32. The lowest BCUT2D eigenvalue weighted by atomic mass is 10.0. The SMILES string of the molecule is CCN1CCN(c2cc3c(-c4cnn(C)c4)c[nH]c(=O)c3c(Nc3ccc(N4CCOCC4)cc3)n2)CC1. The third-order valence-electron chi connectivity index (χ3n) is 7.54. The number of likely N-dealkylation sites (N-methyl/N-ethyl adjacent to an activating group) is 1. The van der Waals surface area contributed by atoms with Crippen LogP contribution in [0.3, 0.4) is 0 Å². The number of rotatable bonds is 6. The van der Waals surface area contributed by atoms with Crippen molar-refractivity contribution in [2.45, 2.75) is 6.92 Å². The van der Waals surface area contributed by atoms with Gasteiger partial charge in [-0.25, -0.2) is 4.98 Å². The predicted octanol–water partition coefficient (Wildman–Crippen LogP) is 3.05. The molecule has 0 amide bonds. The number of fused-ring (bicyclic) bond motifs is 1. The highest BCUT2D eigenvalue weighted by Crippen LogP contribution is 2.33. The molecule has 5 heterocycles. The number of anilines is 4. The van der Waals surface area contributed by atoms with Crippen LogP contribution in [0.5, 0.6) is 0 Å². The van der Waals surface area contributed by atoms with E-state index in [1.165, 1.54) is 0 Å². The van der Waals surface area contributed by atoms with Crippen molar-refractivity contribution < 1.29 is 4.74 Å². The molecule has 38 heavy (non-hydrogen) atoms. The Morgan fingerprint density at radius 3 is 2.47 bits per heavy atom. The lowest BCUT2D eigenvalue weighted by Crippen LogP contribution is -2.46. The molecule has 0 spiro atoms. The van der Waals surface area contributed by atoms with Crippen molar-refractivity contribution in [2.24, 2.45) is 7.05 Å². The maximum absolute atomic E-state index is 13.2. The largest absolute Gasteiger partial charge is 0.378 e. The van der Waals surface area contributed by atoms with Gasteiger partial charge in [0.05, 0.1) is 24.8 Å². The second-order valence-corrected chi connectivity index (χ2v) is 9.88. The van der Waals surface area contributed by atoms with Crippen molar-refractivity contribution in [1.82, 2.24) is 24.6 Å². The van der Waals surface area contributed by atoms with Gasteiger partial charge in [-0.1, -0.05) is 6.92 Å². The number of nitrogens with zero attached hydrogens (tertiary/aromatic N) is 6. The molecule has 2 aliphatic heterocycles. The minimum Gasteiger partial charge on any atom is -0.378 e. The number of hydrogen-bond donors (Lipinski definition) is 2. The zero-order valence-electron chi connectivity index (χ0n) is 22.0. The minimum atomic E-state index is -0.171. The quantitative estimate of drug-likeness (QED) is 0.406. The highest BCUT2D eigenvalue weighted by atomic mass is 16.5. The lowest BCUT2D eigenvalue weighted by molar-refractivity contribution is 0.122. The van der Waals surface area contributed by atoms with Gasteiger partial charge in [0.15, 0.2) is 0 Å². The molecule has 0 bridgehead atoms. The summed E-state index contributed by atoms with van der Waals surface area (Å²) in [4.78, 5) is 28.2. The van der Waals surface area contributed by atoms with Crippen molar-refractivity contribution in [3.8, 4) is 11.1 Å². The van der Waals surface area contributed by atoms with E-state index < -0.39 is 0 Å². The maximum Gasteiger partial charge on any atom is 0.259 e. The van der Waals surface area contributed by atoms with Crippen LogP contribution in [0.1, 0.15) is 6.92 Å². The Morgan fingerprint density at radius 1 is 1.03 bits per heavy atom. The molecule has 0 atom stereocenters. The number of pyridine rings is 2. The number of aromatic amines is 1. The van der Waals surface area contributed by atoms with E-state index in [1.54, 1.807) is 10.9 Å². The summed E-state index contributed by atoms with van der Waals surface area (Å²) in [6.45, 7) is 10.3. The Bertz CT molecular complexity index is 1460. The van der Waals surface area contributed by atoms with Gasteiger partial charge in [-0.2, -0.15) is 5.10 Å². The average Bonchev–Trinajstić information content (AvgIpc) is 3.39. The smallest absolute Gasteiger partial charge is 0.259 e. The summed E-state index contributed by atoms with van der Waals surface area (Å²) in [6, 6.07) is 10.4. The third-order valence-corrected chi connectivity index (χ3v) is 7.54. The number of nitrogens with one attached hydrogen (secondary N) is 2. The highest BCUT2D eigenvalue weighted by Gasteiger charge is 2.21. The molecule has 0 aliphatic carbocycles. The van der Waals surface area contributed by atoms with Gasteiger partial charge < -0.3 is 29.7 Å². The Labute approximate surface area is 221 Å². The molecule has 3 aromatic heterocycles. The standard InChI is InChI=1S/C28H34N8O2/c1-3-34-8-10-36(11-9-34)25-16-23-24(20-17-30-33(2)19-20)18-29-28(37)26(23)27(32-25)31-21-4-6-22(7-5-21)35-12-14-38-15-13-35/h4-7,16-19H,3,8-15H2,1-2H3,(H,29,37)(H,31,32). The van der Waals surface area contributed by atoms with Crippen molar-refractivity contribution in [1.29, 1.82) is 0 Å². The summed E-state index contributed by atoms with van der Waals surface area (Å²) in [7, 11) is 1.89. The van der Waals surface area contributed by atoms with E-state index >= 15 is 0 Å². The van der Waals surface area contributed by atoms with Crippen LogP contribution in [-0.4, -0.2) is 83.7 Å². The molecule has 0 saturated carbocycles. The first-order valence-corrected chi connectivity index (χ1v) is 13.3. The number of morpholine rings is 1. The lowest BCUT2D eigenvalue weighted by Gasteiger charge is -2.35. The predicted molar refractivity (Wildman–Crippen MR) is 152 cm³/mol. The number of aryl methyl sites for hydroxylation is 1. The second-order valence-electron chi connectivity index (χ2n) is 9.88. The first-order valence-electron chi connectivity index (χ1n) is 13.3. The summed E-state index contributed by atoms with van der Waals surface area (Å²) >= 11 is 0. The number of H-pyrrole nitrogens is 1. The maximum atomic E-state index is 13.2. The molecule has 2 saturated heterocycles. The van der Waals surface area contributed by atoms with Crippen LogP contribution in [0, 0.1) is 0 Å². The van der Waals surface area contributed by atoms with Crippen LogP contribution < -0.4 is 20.7 Å². The number of piperazine rings is 1. The van der Waals surface area contributed by atoms with E-state index in [9.17, 15) is 4.79 Å². The summed E-state index contributed by atoms with van der Waals surface area (Å²) in [5, 5.41) is 9.22. The van der Waals surface area contributed by atoms with Crippen LogP contribution >= 0.6 is 0 Å². The molecule has 2 N–H and O–H groups in total. The molecule has 0 radical (unpaired) electrons. The van der Waals surface area contributed by atoms with Gasteiger partial charge in [-0.15, -0.1) is 0 Å². The van der Waals surface area contributed by atoms with E-state index in [4.69, 9.17) is 9.72 Å². The summed E-state index contributed by atoms with van der Waals surface area (Å²) < 4.78 is 7.26. The van der Waals surface area contributed by atoms with Gasteiger partial charge in [0.25, 0.3) is 5.56 Å². The van der Waals surface area contributed by atoms with Crippen LogP contribution in [0.4, 0.5) is 23.0 Å². The van der Waals surface area contributed by atoms with Crippen molar-refractivity contribution in [2.75, 3.05) is 74.1 Å². The molecular weight excluding hydrogens is 480 g/mol. The zero-order valence-corrected chi connectivity index (χ0v) is 22.0. The van der Waals surface area contributed by atoms with Gasteiger partial charge in [0.2, 0.25) is 0 Å². The molecule has 1 aromatic carbocycles. The fraction of sp³-hybridized carbons (Fsp3) is 0.393. The average molecular weight is 515 g/mol. The highest BCUT2D eigenvalue weighted by molar-refractivity contribution is 6.03. The van der Waals surface area contributed by atoms with Crippen LogP contribution in [0.25, 0.3) is 21.9 Å². The van der Waals surface area contributed by atoms with Gasteiger partial charge in [-0.3, -0.25) is 9.48 Å². The molecule has 2 aliphatic rings. The summed E-state index contributed by atoms with van der Waals surface area (Å²) in [5.41, 5.74) is 3.75. The Kier molecular flexibility index (Phi) is 6.73. The second kappa shape index (κ2) is 10.5. The van der Waals surface area contributed by atoms with E-state index in [-0.39, 0.29) is 5.56 Å². The third kappa shape index (κ3) is 4.84. The fourth-order valence-electron chi connectivity index (χ4n) is 5.32. The number of benzene rings is 1. The van der Waals surface area contributed by atoms with Gasteiger partial charge in [0.1, 0.15) is 11.6 Å². The molecule has 2 fully saturated rings. The van der Waals surface area contributed by atoms with E-state index in [1.807, 2.05) is 31.6 Å². The van der Waals surface area contributed by atoms with Crippen molar-refractivity contribution >= 4 is 33.8 Å². The Hall–Kier alpha value is -3.89. The van der Waals surface area contributed by atoms with E-state index in [0.29, 0.717) is 11.2 Å². The molecule has 6 rings (SSSR count). The van der Waals surface area contributed by atoms with Gasteiger partial charge in [0, 0.05) is 86.6 Å². The number of ether oxygens (including phenoxy) is 1. The van der Waals surface area contributed by atoms with E-state index in [0.717, 1.165) is 92.7 Å². The van der Waals surface area contributed by atoms with Crippen LogP contribution in [0.15, 0.2) is 53.7 Å². The zero-order chi connectivity index (χ0) is 26.1. The topological polar surface area (TPSA) is 94.5 Å². The normalized spacial score (nSPS) is 16.8. The molecule has 10 heteroatoms. The van der Waals surface area contributed by atoms with Crippen molar-refractivity contribution in [3.05, 3.63) is 59.3 Å². The van der Waals surface area contributed by atoms with Crippen molar-refractivity contribution in [3.63, 3.8) is 0 Å².